The van der Waals surface area contributed by atoms with Gasteiger partial charge in [0.15, 0.2) is 0 Å². The van der Waals surface area contributed by atoms with Crippen molar-refractivity contribution in [1.29, 1.82) is 0 Å². The summed E-state index contributed by atoms with van der Waals surface area (Å²) >= 11 is 0. The molecule has 2 aromatic rings. The highest BCUT2D eigenvalue weighted by molar-refractivity contribution is 7.89. The van der Waals surface area contributed by atoms with Crippen LogP contribution in [0.3, 0.4) is 0 Å². The predicted octanol–water partition coefficient (Wildman–Crippen LogP) is 1.32. The molecule has 2 heterocycles. The fourth-order valence-corrected chi connectivity index (χ4v) is 5.09. The van der Waals surface area contributed by atoms with Crippen molar-refractivity contribution < 1.29 is 18.0 Å². The van der Waals surface area contributed by atoms with Gasteiger partial charge in [-0.3, -0.25) is 15.1 Å². The molecule has 4 rings (SSSR count). The number of nitrogens with two attached hydrogens (primary N) is 1. The highest BCUT2D eigenvalue weighted by atomic mass is 32.2. The summed E-state index contributed by atoms with van der Waals surface area (Å²) < 4.78 is 24.2. The lowest BCUT2D eigenvalue weighted by Gasteiger charge is -2.28. The summed E-state index contributed by atoms with van der Waals surface area (Å²) in [5.74, 6) is -0.561. The zero-order valence-corrected chi connectivity index (χ0v) is 15.8. The minimum atomic E-state index is -3.93. The molecule has 9 heteroatoms. The zero-order valence-electron chi connectivity index (χ0n) is 15.0. The Morgan fingerprint density at radius 3 is 2.54 bits per heavy atom. The summed E-state index contributed by atoms with van der Waals surface area (Å²) in [6.45, 7) is 0. The van der Waals surface area contributed by atoms with Crippen LogP contribution < -0.4 is 15.8 Å². The number of aromatic nitrogens is 1. The van der Waals surface area contributed by atoms with Crippen LogP contribution in [0.4, 0.5) is 4.79 Å². The van der Waals surface area contributed by atoms with Crippen LogP contribution in [0.15, 0.2) is 47.6 Å². The second-order valence-corrected chi connectivity index (χ2v) is 8.81. The number of carbonyl (C=O) groups is 2. The third-order valence-corrected chi connectivity index (χ3v) is 6.65. The molecule has 2 atom stereocenters. The highest BCUT2D eigenvalue weighted by Crippen LogP contribution is 2.41. The summed E-state index contributed by atoms with van der Waals surface area (Å²) in [6.07, 6.45) is 5.65. The van der Waals surface area contributed by atoms with Crippen molar-refractivity contribution in [1.82, 2.24) is 15.6 Å². The molecule has 0 radical (unpaired) electrons. The third-order valence-electron chi connectivity index (χ3n) is 5.64. The molecular weight excluding hydrogens is 380 g/mol. The van der Waals surface area contributed by atoms with Crippen molar-refractivity contribution in [3.8, 4) is 11.1 Å². The summed E-state index contributed by atoms with van der Waals surface area (Å²) in [5.41, 5.74) is 1.28. The summed E-state index contributed by atoms with van der Waals surface area (Å²) in [5, 5.41) is 10.5. The van der Waals surface area contributed by atoms with E-state index in [1.54, 1.807) is 24.5 Å². The largest absolute Gasteiger partial charge is 0.323 e. The number of hydrogen-bond donors (Lipinski definition) is 3. The Morgan fingerprint density at radius 1 is 1.14 bits per heavy atom. The first-order valence-electron chi connectivity index (χ1n) is 8.99. The zero-order chi connectivity index (χ0) is 19.9. The van der Waals surface area contributed by atoms with E-state index in [2.05, 4.69) is 15.6 Å². The van der Waals surface area contributed by atoms with Gasteiger partial charge >= 0.3 is 6.03 Å². The van der Waals surface area contributed by atoms with Crippen LogP contribution in [-0.4, -0.2) is 30.9 Å². The van der Waals surface area contributed by atoms with Gasteiger partial charge in [0, 0.05) is 12.4 Å². The SMILES string of the molecule is NS(=O)(=O)c1ccc(-c2ccncc2)cc1CC1CCCC12NC(=O)NC2=O. The molecular formula is C19H20N4O4S. The first-order chi connectivity index (χ1) is 13.3. The van der Waals surface area contributed by atoms with Gasteiger partial charge in [-0.25, -0.2) is 18.4 Å². The third kappa shape index (κ3) is 3.16. The maximum Gasteiger partial charge on any atom is 0.322 e. The Balaban J connectivity index is 1.75. The molecule has 2 aliphatic rings. The van der Waals surface area contributed by atoms with E-state index in [0.29, 0.717) is 24.8 Å². The van der Waals surface area contributed by atoms with Gasteiger partial charge in [-0.1, -0.05) is 12.5 Å². The number of primary sulfonamides is 1. The quantitative estimate of drug-likeness (QED) is 0.666. The predicted molar refractivity (Wildman–Crippen MR) is 101 cm³/mol. The number of benzene rings is 1. The minimum absolute atomic E-state index is 0.0390. The fourth-order valence-electron chi connectivity index (χ4n) is 4.33. The Labute approximate surface area is 162 Å². The van der Waals surface area contributed by atoms with Crippen molar-refractivity contribution in [2.75, 3.05) is 0 Å². The van der Waals surface area contributed by atoms with Crippen molar-refractivity contribution in [2.24, 2.45) is 11.1 Å². The summed E-state index contributed by atoms with van der Waals surface area (Å²) in [6, 6.07) is 8.14. The molecule has 1 aromatic carbocycles. The van der Waals surface area contributed by atoms with Gasteiger partial charge in [0.05, 0.1) is 4.90 Å². The number of hydrogen-bond acceptors (Lipinski definition) is 5. The van der Waals surface area contributed by atoms with Crippen molar-refractivity contribution in [3.63, 3.8) is 0 Å². The Bertz CT molecular complexity index is 1050. The first kappa shape index (κ1) is 18.6. The molecule has 2 fully saturated rings. The van der Waals surface area contributed by atoms with E-state index in [1.807, 2.05) is 12.1 Å². The van der Waals surface area contributed by atoms with E-state index in [0.717, 1.165) is 17.5 Å². The normalized spacial score (nSPS) is 24.4. The highest BCUT2D eigenvalue weighted by Gasteiger charge is 2.54. The molecule has 3 amide bonds. The molecule has 4 N–H and O–H groups in total. The molecule has 1 aliphatic carbocycles. The number of urea groups is 1. The lowest BCUT2D eigenvalue weighted by atomic mass is 9.82. The van der Waals surface area contributed by atoms with E-state index in [-0.39, 0.29) is 16.7 Å². The van der Waals surface area contributed by atoms with E-state index < -0.39 is 21.6 Å². The van der Waals surface area contributed by atoms with Gasteiger partial charge in [0.1, 0.15) is 5.54 Å². The second kappa shape index (κ2) is 6.68. The molecule has 1 aromatic heterocycles. The van der Waals surface area contributed by atoms with Gasteiger partial charge in [-0.05, 0) is 66.1 Å². The number of imide groups is 1. The maximum atomic E-state index is 12.4. The van der Waals surface area contributed by atoms with Crippen molar-refractivity contribution >= 4 is 22.0 Å². The second-order valence-electron chi connectivity index (χ2n) is 7.28. The molecule has 146 valence electrons. The molecule has 8 nitrogen and oxygen atoms in total. The monoisotopic (exact) mass is 400 g/mol. The van der Waals surface area contributed by atoms with E-state index >= 15 is 0 Å². The fraction of sp³-hybridized carbons (Fsp3) is 0.316. The molecule has 1 saturated carbocycles. The van der Waals surface area contributed by atoms with Crippen LogP contribution in [0.25, 0.3) is 11.1 Å². The number of nitrogens with one attached hydrogen (secondary N) is 2. The lowest BCUT2D eigenvalue weighted by Crippen LogP contribution is -2.50. The van der Waals surface area contributed by atoms with E-state index in [9.17, 15) is 18.0 Å². The lowest BCUT2D eigenvalue weighted by molar-refractivity contribution is -0.125. The number of nitrogens with zero attached hydrogens (tertiary/aromatic N) is 1. The number of sulfonamides is 1. The smallest absolute Gasteiger partial charge is 0.322 e. The molecule has 0 bridgehead atoms. The van der Waals surface area contributed by atoms with E-state index in [4.69, 9.17) is 5.14 Å². The number of amides is 3. The van der Waals surface area contributed by atoms with Gasteiger partial charge in [-0.2, -0.15) is 0 Å². The summed E-state index contributed by atoms with van der Waals surface area (Å²) in [7, 11) is -3.93. The topological polar surface area (TPSA) is 131 Å². The average molecular weight is 400 g/mol. The molecule has 1 saturated heterocycles. The molecule has 28 heavy (non-hydrogen) atoms. The summed E-state index contributed by atoms with van der Waals surface area (Å²) in [4.78, 5) is 28.2. The van der Waals surface area contributed by atoms with Crippen LogP contribution in [0.1, 0.15) is 24.8 Å². The van der Waals surface area contributed by atoms with E-state index in [1.165, 1.54) is 6.07 Å². The maximum absolute atomic E-state index is 12.4. The van der Waals surface area contributed by atoms with Gasteiger partial charge < -0.3 is 5.32 Å². The van der Waals surface area contributed by atoms with Crippen LogP contribution in [0, 0.1) is 5.92 Å². The average Bonchev–Trinajstić information content (AvgIpc) is 3.17. The Morgan fingerprint density at radius 2 is 1.89 bits per heavy atom. The van der Waals surface area contributed by atoms with Crippen LogP contribution in [0.2, 0.25) is 0 Å². The van der Waals surface area contributed by atoms with Gasteiger partial charge in [-0.15, -0.1) is 0 Å². The Kier molecular flexibility index (Phi) is 4.43. The van der Waals surface area contributed by atoms with Crippen LogP contribution in [-0.2, 0) is 21.2 Å². The first-order valence-corrected chi connectivity index (χ1v) is 10.5. The van der Waals surface area contributed by atoms with Crippen molar-refractivity contribution in [3.05, 3.63) is 48.3 Å². The van der Waals surface area contributed by atoms with Crippen molar-refractivity contribution in [2.45, 2.75) is 36.1 Å². The molecule has 2 unspecified atom stereocenters. The number of rotatable bonds is 4. The van der Waals surface area contributed by atoms with Gasteiger partial charge in [0.2, 0.25) is 10.0 Å². The number of pyridine rings is 1. The molecule has 1 aliphatic heterocycles. The van der Waals surface area contributed by atoms with Gasteiger partial charge in [0.25, 0.3) is 5.91 Å². The van der Waals surface area contributed by atoms with Crippen LogP contribution in [0.5, 0.6) is 0 Å². The van der Waals surface area contributed by atoms with Crippen LogP contribution >= 0.6 is 0 Å². The Hall–Kier alpha value is -2.78. The minimum Gasteiger partial charge on any atom is -0.323 e. The molecule has 1 spiro atoms. The number of carbonyl (C=O) groups excluding carboxylic acids is 2. The standard InChI is InChI=1S/C19H20N4O4S/c20-28(26,27)16-4-3-13(12-5-8-21-9-6-12)10-14(16)11-15-2-1-7-19(15)17(24)22-18(25)23-19/h3-6,8-10,15H,1-2,7,11H2,(H2,20,26,27)(H2,22,23,24,25).